The second-order valence-electron chi connectivity index (χ2n) is 7.23. The Bertz CT molecular complexity index is 1200. The minimum absolute atomic E-state index is 0.149. The Labute approximate surface area is 192 Å². The summed E-state index contributed by atoms with van der Waals surface area (Å²) in [6.07, 6.45) is -4.51. The molecule has 14 heteroatoms. The molecule has 14 nitrogen and oxygen atoms in total. The molecule has 0 aliphatic heterocycles. The van der Waals surface area contributed by atoms with Gasteiger partial charge in [0, 0.05) is 46.4 Å². The average Bonchev–Trinajstić information content (AvgIpc) is 3.11. The summed E-state index contributed by atoms with van der Waals surface area (Å²) in [6.45, 7) is 6.45. The molecule has 0 radical (unpaired) electrons. The number of aryl methyl sites for hydroxylation is 1. The first-order valence-electron chi connectivity index (χ1n) is 9.97. The molecule has 0 bridgehead atoms. The van der Waals surface area contributed by atoms with E-state index in [1.165, 1.54) is 11.3 Å². The smallest absolute Gasteiger partial charge is 0.303 e. The molecule has 0 saturated carbocycles. The molecule has 184 valence electrons. The molecule has 0 spiro atoms. The van der Waals surface area contributed by atoms with Crippen LogP contribution in [-0.2, 0) is 38.1 Å². The highest BCUT2D eigenvalue weighted by Crippen LogP contribution is 2.28. The van der Waals surface area contributed by atoms with E-state index in [0.717, 1.165) is 45.3 Å². The van der Waals surface area contributed by atoms with Gasteiger partial charge >= 0.3 is 23.9 Å². The minimum atomic E-state index is -1.55. The van der Waals surface area contributed by atoms with Crippen molar-refractivity contribution in [3.8, 4) is 0 Å². The van der Waals surface area contributed by atoms with Crippen LogP contribution in [0.5, 0.6) is 0 Å². The van der Waals surface area contributed by atoms with Crippen LogP contribution in [0.1, 0.15) is 57.0 Å². The molecule has 0 unspecified atom stereocenters. The lowest BCUT2D eigenvalue weighted by Gasteiger charge is -2.30. The molecule has 0 saturated heterocycles. The molecule has 0 aliphatic rings. The largest absolute Gasteiger partial charge is 0.462 e. The van der Waals surface area contributed by atoms with Crippen LogP contribution in [0.15, 0.2) is 10.9 Å². The predicted octanol–water partition coefficient (Wildman–Crippen LogP) is -0.110. The first kappa shape index (κ1) is 26.2. The number of hydrogen-bond donors (Lipinski definition) is 0. The van der Waals surface area contributed by atoms with E-state index in [4.69, 9.17) is 18.9 Å². The lowest BCUT2D eigenvalue weighted by atomic mass is 10.1. The summed E-state index contributed by atoms with van der Waals surface area (Å²) in [6, 6.07) is 1.13. The third-order valence-corrected chi connectivity index (χ3v) is 4.37. The fourth-order valence-corrected chi connectivity index (χ4v) is 3.24. The van der Waals surface area contributed by atoms with Gasteiger partial charge in [-0.05, 0) is 6.92 Å². The first-order chi connectivity index (χ1) is 15.8. The number of carbonyl (C=O) groups is 5. The van der Waals surface area contributed by atoms with E-state index < -0.39 is 60.3 Å². The van der Waals surface area contributed by atoms with Gasteiger partial charge in [-0.15, -0.1) is 10.2 Å². The van der Waals surface area contributed by atoms with E-state index in [2.05, 4.69) is 10.2 Å². The van der Waals surface area contributed by atoms with Crippen LogP contribution >= 0.6 is 0 Å². The van der Waals surface area contributed by atoms with Gasteiger partial charge in [-0.3, -0.25) is 33.2 Å². The summed E-state index contributed by atoms with van der Waals surface area (Å²) < 4.78 is 22.8. The molecular formula is C20H24N4O10. The van der Waals surface area contributed by atoms with E-state index in [-0.39, 0.29) is 17.3 Å². The zero-order valence-electron chi connectivity index (χ0n) is 19.4. The standard InChI is InChI=1S/C20H24N4O10/c1-9-7-16(30)24(10(2)25)20-22-21-19(23(9)20)18(34-14(6)29)17(33-13(5)28)15(32-12(4)27)8-31-11(3)26/h7,15,17-18H,8H2,1-6H3/t15-,17-,18-/m1/s1. The first-order valence-corrected chi connectivity index (χ1v) is 9.97. The van der Waals surface area contributed by atoms with Crippen LogP contribution < -0.4 is 5.56 Å². The normalized spacial score (nSPS) is 13.5. The van der Waals surface area contributed by atoms with Crippen LogP contribution in [0.4, 0.5) is 0 Å². The lowest BCUT2D eigenvalue weighted by Crippen LogP contribution is -2.44. The number of esters is 4. The molecule has 2 aromatic heterocycles. The predicted molar refractivity (Wildman–Crippen MR) is 111 cm³/mol. The third-order valence-electron chi connectivity index (χ3n) is 4.37. The van der Waals surface area contributed by atoms with Crippen LogP contribution in [0, 0.1) is 6.92 Å². The summed E-state index contributed by atoms with van der Waals surface area (Å²) in [4.78, 5) is 71.3. The second kappa shape index (κ2) is 10.7. The number of aromatic nitrogens is 4. The molecular weight excluding hydrogens is 456 g/mol. The zero-order chi connectivity index (χ0) is 25.7. The Morgan fingerprint density at radius 2 is 1.47 bits per heavy atom. The Morgan fingerprint density at radius 3 is 1.97 bits per heavy atom. The van der Waals surface area contributed by atoms with Crippen molar-refractivity contribution in [1.29, 1.82) is 0 Å². The maximum absolute atomic E-state index is 12.3. The van der Waals surface area contributed by atoms with Crippen molar-refractivity contribution < 1.29 is 42.9 Å². The van der Waals surface area contributed by atoms with Crippen molar-refractivity contribution in [3.05, 3.63) is 27.9 Å². The molecule has 0 aliphatic carbocycles. The van der Waals surface area contributed by atoms with Gasteiger partial charge in [0.1, 0.15) is 6.61 Å². The molecule has 0 amide bonds. The van der Waals surface area contributed by atoms with Crippen molar-refractivity contribution in [2.75, 3.05) is 6.61 Å². The van der Waals surface area contributed by atoms with E-state index in [0.29, 0.717) is 0 Å². The maximum Gasteiger partial charge on any atom is 0.303 e. The number of ether oxygens (including phenoxy) is 4. The Hall–Kier alpha value is -4.10. The summed E-state index contributed by atoms with van der Waals surface area (Å²) in [5, 5.41) is 7.84. The molecule has 3 atom stereocenters. The molecule has 0 N–H and O–H groups in total. The summed E-state index contributed by atoms with van der Waals surface area (Å²) >= 11 is 0. The second-order valence-corrected chi connectivity index (χ2v) is 7.23. The van der Waals surface area contributed by atoms with Gasteiger partial charge in [0.25, 0.3) is 5.56 Å². The van der Waals surface area contributed by atoms with Gasteiger partial charge in [-0.25, -0.2) is 4.57 Å². The number of fused-ring (bicyclic) bond motifs is 1. The van der Waals surface area contributed by atoms with Gasteiger partial charge in [0.2, 0.25) is 17.8 Å². The summed E-state index contributed by atoms with van der Waals surface area (Å²) in [5.74, 6) is -4.17. The third kappa shape index (κ3) is 6.02. The SMILES string of the molecule is CC(=O)OC[C@@H](OC(C)=O)[C@@H](OC(C)=O)[C@@H](OC(C)=O)c1nnc2n(C(C)=O)c(=O)cc(C)n12. The van der Waals surface area contributed by atoms with Crippen molar-refractivity contribution in [1.82, 2.24) is 19.2 Å². The zero-order valence-corrected chi connectivity index (χ0v) is 19.4. The minimum Gasteiger partial charge on any atom is -0.462 e. The monoisotopic (exact) mass is 480 g/mol. The fourth-order valence-electron chi connectivity index (χ4n) is 3.24. The highest BCUT2D eigenvalue weighted by Gasteiger charge is 2.42. The Morgan fingerprint density at radius 1 is 0.882 bits per heavy atom. The number of hydrogen-bond acceptors (Lipinski definition) is 12. The molecule has 34 heavy (non-hydrogen) atoms. The fraction of sp³-hybridized carbons (Fsp3) is 0.500. The van der Waals surface area contributed by atoms with Crippen molar-refractivity contribution >= 4 is 35.6 Å². The number of rotatable bonds is 8. The van der Waals surface area contributed by atoms with Crippen molar-refractivity contribution in [2.45, 2.75) is 59.9 Å². The highest BCUT2D eigenvalue weighted by atomic mass is 16.6. The van der Waals surface area contributed by atoms with Crippen molar-refractivity contribution in [2.24, 2.45) is 0 Å². The molecule has 0 aromatic carbocycles. The van der Waals surface area contributed by atoms with Crippen LogP contribution in [0.2, 0.25) is 0 Å². The van der Waals surface area contributed by atoms with E-state index in [1.54, 1.807) is 0 Å². The Kier molecular flexibility index (Phi) is 8.21. The average molecular weight is 480 g/mol. The molecule has 2 heterocycles. The number of nitrogens with zero attached hydrogens (tertiary/aromatic N) is 4. The van der Waals surface area contributed by atoms with Gasteiger partial charge < -0.3 is 18.9 Å². The molecule has 2 aromatic rings. The Balaban J connectivity index is 2.77. The van der Waals surface area contributed by atoms with Gasteiger partial charge in [-0.1, -0.05) is 0 Å². The van der Waals surface area contributed by atoms with E-state index in [9.17, 15) is 28.8 Å². The van der Waals surface area contributed by atoms with E-state index in [1.807, 2.05) is 0 Å². The molecule has 2 rings (SSSR count). The van der Waals surface area contributed by atoms with Gasteiger partial charge in [0.15, 0.2) is 18.0 Å². The maximum atomic E-state index is 12.3. The van der Waals surface area contributed by atoms with Crippen LogP contribution in [-0.4, -0.2) is 67.8 Å². The van der Waals surface area contributed by atoms with Crippen LogP contribution in [0.3, 0.4) is 0 Å². The topological polar surface area (TPSA) is 174 Å². The van der Waals surface area contributed by atoms with Gasteiger partial charge in [-0.2, -0.15) is 0 Å². The number of carbonyl (C=O) groups excluding carboxylic acids is 5. The van der Waals surface area contributed by atoms with Crippen molar-refractivity contribution in [3.63, 3.8) is 0 Å². The highest BCUT2D eigenvalue weighted by molar-refractivity contribution is 5.79. The summed E-state index contributed by atoms with van der Waals surface area (Å²) in [7, 11) is 0. The van der Waals surface area contributed by atoms with E-state index >= 15 is 0 Å². The quantitative estimate of drug-likeness (QED) is 0.363. The van der Waals surface area contributed by atoms with Gasteiger partial charge in [0.05, 0.1) is 0 Å². The lowest BCUT2D eigenvalue weighted by molar-refractivity contribution is -0.190. The molecule has 0 fully saturated rings. The van der Waals surface area contributed by atoms with Crippen LogP contribution in [0.25, 0.3) is 5.78 Å². The summed E-state index contributed by atoms with van der Waals surface area (Å²) in [5.41, 5.74) is -0.398.